The van der Waals surface area contributed by atoms with Crippen molar-refractivity contribution in [2.75, 3.05) is 16.4 Å². The van der Waals surface area contributed by atoms with Crippen LogP contribution >= 0.6 is 23.4 Å². The van der Waals surface area contributed by atoms with Gasteiger partial charge >= 0.3 is 0 Å². The van der Waals surface area contributed by atoms with Crippen LogP contribution in [0.3, 0.4) is 0 Å². The third kappa shape index (κ3) is 5.82. The number of carbonyl (C=O) groups is 2. The van der Waals surface area contributed by atoms with Crippen LogP contribution in [0, 0.1) is 12.7 Å². The van der Waals surface area contributed by atoms with Gasteiger partial charge in [-0.15, -0.1) is 11.8 Å². The summed E-state index contributed by atoms with van der Waals surface area (Å²) in [6.07, 6.45) is 0. The minimum absolute atomic E-state index is 0.0262. The van der Waals surface area contributed by atoms with E-state index in [1.165, 1.54) is 30.0 Å². The molecule has 0 aliphatic carbocycles. The number of benzene rings is 3. The summed E-state index contributed by atoms with van der Waals surface area (Å²) in [5, 5.41) is 6.06. The summed E-state index contributed by atoms with van der Waals surface area (Å²) in [5.74, 6) is -1.09. The molecule has 7 heteroatoms. The number of halogens is 2. The van der Waals surface area contributed by atoms with Gasteiger partial charge in [0, 0.05) is 21.3 Å². The van der Waals surface area contributed by atoms with E-state index in [0.717, 1.165) is 10.5 Å². The first kappa shape index (κ1) is 20.9. The van der Waals surface area contributed by atoms with E-state index in [9.17, 15) is 14.0 Å². The van der Waals surface area contributed by atoms with Crippen molar-refractivity contribution in [3.63, 3.8) is 0 Å². The zero-order chi connectivity index (χ0) is 20.8. The lowest BCUT2D eigenvalue weighted by molar-refractivity contribution is -0.113. The number of nitrogens with one attached hydrogen (secondary N) is 2. The molecule has 148 valence electrons. The zero-order valence-corrected chi connectivity index (χ0v) is 17.1. The van der Waals surface area contributed by atoms with E-state index in [-0.39, 0.29) is 17.2 Å². The molecule has 3 rings (SSSR count). The van der Waals surface area contributed by atoms with Crippen LogP contribution in [0.2, 0.25) is 5.02 Å². The van der Waals surface area contributed by atoms with Crippen LogP contribution in [-0.4, -0.2) is 17.6 Å². The van der Waals surface area contributed by atoms with Crippen molar-refractivity contribution in [3.05, 3.63) is 88.7 Å². The van der Waals surface area contributed by atoms with Gasteiger partial charge in [-0.3, -0.25) is 9.59 Å². The Morgan fingerprint density at radius 3 is 2.48 bits per heavy atom. The molecule has 3 aromatic rings. The highest BCUT2D eigenvalue weighted by molar-refractivity contribution is 8.00. The summed E-state index contributed by atoms with van der Waals surface area (Å²) in [7, 11) is 0. The Bertz CT molecular complexity index is 1060. The Hall–Kier alpha value is -2.83. The standard InChI is InChI=1S/C22H18ClFN2O2S/c1-14-9-10-16(12-19(14)23)25-21(27)13-29-17-6-4-5-15(11-17)26-22(28)18-7-2-3-8-20(18)24/h2-12H,13H2,1H3,(H,25,27)(H,26,28). The van der Waals surface area contributed by atoms with Gasteiger partial charge in [0.05, 0.1) is 11.3 Å². The largest absolute Gasteiger partial charge is 0.325 e. The highest BCUT2D eigenvalue weighted by Crippen LogP contribution is 2.24. The Morgan fingerprint density at radius 1 is 0.966 bits per heavy atom. The summed E-state index contributed by atoms with van der Waals surface area (Å²) >= 11 is 7.39. The van der Waals surface area contributed by atoms with Gasteiger partial charge in [0.25, 0.3) is 5.91 Å². The quantitative estimate of drug-likeness (QED) is 0.490. The average Bonchev–Trinajstić information content (AvgIpc) is 2.70. The summed E-state index contributed by atoms with van der Waals surface area (Å²) in [6, 6.07) is 18.2. The second kappa shape index (κ2) is 9.58. The number of aryl methyl sites for hydroxylation is 1. The molecular weight excluding hydrogens is 411 g/mol. The first-order chi connectivity index (χ1) is 13.9. The van der Waals surface area contributed by atoms with Gasteiger partial charge in [-0.1, -0.05) is 35.9 Å². The van der Waals surface area contributed by atoms with Crippen LogP contribution in [-0.2, 0) is 4.79 Å². The van der Waals surface area contributed by atoms with Crippen LogP contribution in [0.1, 0.15) is 15.9 Å². The monoisotopic (exact) mass is 428 g/mol. The van der Waals surface area contributed by atoms with E-state index in [1.54, 1.807) is 36.4 Å². The van der Waals surface area contributed by atoms with E-state index in [1.807, 2.05) is 19.1 Å². The maximum absolute atomic E-state index is 13.7. The van der Waals surface area contributed by atoms with Gasteiger partial charge in [0.15, 0.2) is 0 Å². The Balaban J connectivity index is 1.58. The minimum atomic E-state index is -0.580. The smallest absolute Gasteiger partial charge is 0.258 e. The van der Waals surface area contributed by atoms with Crippen LogP contribution in [0.25, 0.3) is 0 Å². The molecule has 2 N–H and O–H groups in total. The van der Waals surface area contributed by atoms with Crippen molar-refractivity contribution >= 4 is 46.6 Å². The predicted octanol–water partition coefficient (Wildman–Crippen LogP) is 5.77. The molecule has 29 heavy (non-hydrogen) atoms. The van der Waals surface area contributed by atoms with Crippen molar-refractivity contribution in [3.8, 4) is 0 Å². The second-order valence-electron chi connectivity index (χ2n) is 6.26. The second-order valence-corrected chi connectivity index (χ2v) is 7.72. The molecule has 0 atom stereocenters. The Kier molecular flexibility index (Phi) is 6.90. The van der Waals surface area contributed by atoms with Crippen molar-refractivity contribution in [2.45, 2.75) is 11.8 Å². The molecule has 0 fully saturated rings. The van der Waals surface area contributed by atoms with E-state index in [2.05, 4.69) is 10.6 Å². The zero-order valence-electron chi connectivity index (χ0n) is 15.5. The van der Waals surface area contributed by atoms with Crippen molar-refractivity contribution in [1.29, 1.82) is 0 Å². The van der Waals surface area contributed by atoms with Gasteiger partial charge in [-0.05, 0) is 55.0 Å². The highest BCUT2D eigenvalue weighted by atomic mass is 35.5. The van der Waals surface area contributed by atoms with Crippen LogP contribution in [0.4, 0.5) is 15.8 Å². The molecule has 0 heterocycles. The number of anilines is 2. The van der Waals surface area contributed by atoms with Gasteiger partial charge in [0.1, 0.15) is 5.82 Å². The van der Waals surface area contributed by atoms with Crippen molar-refractivity contribution < 1.29 is 14.0 Å². The summed E-state index contributed by atoms with van der Waals surface area (Å²) in [5.41, 5.74) is 2.07. The average molecular weight is 429 g/mol. The molecular formula is C22H18ClFN2O2S. The molecule has 0 aromatic heterocycles. The molecule has 0 aliphatic rings. The van der Waals surface area contributed by atoms with Crippen LogP contribution in [0.15, 0.2) is 71.6 Å². The lowest BCUT2D eigenvalue weighted by Crippen LogP contribution is -2.14. The predicted molar refractivity (Wildman–Crippen MR) is 116 cm³/mol. The van der Waals surface area contributed by atoms with E-state index in [0.29, 0.717) is 16.4 Å². The summed E-state index contributed by atoms with van der Waals surface area (Å²) in [4.78, 5) is 25.2. The minimum Gasteiger partial charge on any atom is -0.325 e. The van der Waals surface area contributed by atoms with Crippen LogP contribution < -0.4 is 10.6 Å². The highest BCUT2D eigenvalue weighted by Gasteiger charge is 2.11. The maximum atomic E-state index is 13.7. The van der Waals surface area contributed by atoms with Crippen molar-refractivity contribution in [1.82, 2.24) is 0 Å². The fourth-order valence-electron chi connectivity index (χ4n) is 2.52. The van der Waals surface area contributed by atoms with Gasteiger partial charge in [0.2, 0.25) is 5.91 Å². The molecule has 4 nitrogen and oxygen atoms in total. The number of amides is 2. The lowest BCUT2D eigenvalue weighted by atomic mass is 10.2. The fraction of sp³-hybridized carbons (Fsp3) is 0.0909. The maximum Gasteiger partial charge on any atom is 0.258 e. The molecule has 0 saturated heterocycles. The van der Waals surface area contributed by atoms with Gasteiger partial charge in [-0.25, -0.2) is 4.39 Å². The third-order valence-electron chi connectivity index (χ3n) is 4.04. The Labute approximate surface area is 177 Å². The first-order valence-corrected chi connectivity index (χ1v) is 10.1. The molecule has 3 aromatic carbocycles. The molecule has 0 bridgehead atoms. The summed E-state index contributed by atoms with van der Waals surface area (Å²) in [6.45, 7) is 1.89. The lowest BCUT2D eigenvalue weighted by Gasteiger charge is -2.09. The van der Waals surface area contributed by atoms with Crippen LogP contribution in [0.5, 0.6) is 0 Å². The van der Waals surface area contributed by atoms with Gasteiger partial charge < -0.3 is 10.6 Å². The van der Waals surface area contributed by atoms with E-state index in [4.69, 9.17) is 11.6 Å². The number of thioether (sulfide) groups is 1. The van der Waals surface area contributed by atoms with E-state index < -0.39 is 11.7 Å². The number of hydrogen-bond acceptors (Lipinski definition) is 3. The normalized spacial score (nSPS) is 10.4. The number of carbonyl (C=O) groups excluding carboxylic acids is 2. The topological polar surface area (TPSA) is 58.2 Å². The molecule has 0 radical (unpaired) electrons. The first-order valence-electron chi connectivity index (χ1n) is 8.77. The molecule has 0 spiro atoms. The molecule has 0 saturated carbocycles. The fourth-order valence-corrected chi connectivity index (χ4v) is 3.46. The van der Waals surface area contributed by atoms with E-state index >= 15 is 0 Å². The van der Waals surface area contributed by atoms with Gasteiger partial charge in [-0.2, -0.15) is 0 Å². The molecule has 0 aliphatic heterocycles. The van der Waals surface area contributed by atoms with Crippen molar-refractivity contribution in [2.24, 2.45) is 0 Å². The molecule has 0 unspecified atom stereocenters. The Morgan fingerprint density at radius 2 is 1.72 bits per heavy atom. The SMILES string of the molecule is Cc1ccc(NC(=O)CSc2cccc(NC(=O)c3ccccc3F)c2)cc1Cl. The third-order valence-corrected chi connectivity index (χ3v) is 5.44. The molecule has 2 amide bonds. The number of hydrogen-bond donors (Lipinski definition) is 2. The number of rotatable bonds is 6. The summed E-state index contributed by atoms with van der Waals surface area (Å²) < 4.78 is 13.7.